The highest BCUT2D eigenvalue weighted by Gasteiger charge is 2.26. The van der Waals surface area contributed by atoms with Crippen LogP contribution in [0.2, 0.25) is 0 Å². The summed E-state index contributed by atoms with van der Waals surface area (Å²) in [5.41, 5.74) is 0.952. The number of fused-ring (bicyclic) bond motifs is 1. The van der Waals surface area contributed by atoms with Crippen molar-refractivity contribution in [3.63, 3.8) is 0 Å². The summed E-state index contributed by atoms with van der Waals surface area (Å²) in [5, 5.41) is 20.0. The molecule has 0 aromatic heterocycles. The summed E-state index contributed by atoms with van der Waals surface area (Å²) in [7, 11) is 0. The number of nitrogens with one attached hydrogen (secondary N) is 1. The number of aliphatic hydroxyl groups is 1. The largest absolute Gasteiger partial charge is 0.492 e. The van der Waals surface area contributed by atoms with E-state index in [0.29, 0.717) is 6.42 Å². The first kappa shape index (κ1) is 13.4. The van der Waals surface area contributed by atoms with E-state index in [0.717, 1.165) is 11.3 Å². The van der Waals surface area contributed by atoms with Crippen LogP contribution in [-0.4, -0.2) is 41.3 Å². The summed E-state index contributed by atoms with van der Waals surface area (Å²) in [5.74, 6) is -1.26. The Morgan fingerprint density at radius 1 is 1.42 bits per heavy atom. The molecule has 6 heteroatoms. The van der Waals surface area contributed by atoms with E-state index in [1.54, 1.807) is 0 Å². The van der Waals surface area contributed by atoms with Gasteiger partial charge in [-0.25, -0.2) is 4.79 Å². The summed E-state index contributed by atoms with van der Waals surface area (Å²) >= 11 is 0. The van der Waals surface area contributed by atoms with Crippen molar-refractivity contribution in [2.75, 3.05) is 13.2 Å². The second-order valence-corrected chi connectivity index (χ2v) is 4.42. The van der Waals surface area contributed by atoms with E-state index in [4.69, 9.17) is 14.9 Å². The third kappa shape index (κ3) is 3.23. The Kier molecular flexibility index (Phi) is 4.01. The highest BCUT2D eigenvalue weighted by atomic mass is 16.5. The molecule has 19 heavy (non-hydrogen) atoms. The fourth-order valence-corrected chi connectivity index (χ4v) is 1.93. The van der Waals surface area contributed by atoms with Gasteiger partial charge in [0.15, 0.2) is 6.10 Å². The number of aliphatic hydroxyl groups excluding tert-OH is 1. The van der Waals surface area contributed by atoms with Crippen LogP contribution in [0.4, 0.5) is 0 Å². The van der Waals surface area contributed by atoms with Crippen LogP contribution in [0, 0.1) is 5.92 Å². The van der Waals surface area contributed by atoms with Gasteiger partial charge in [0.25, 0.3) is 0 Å². The van der Waals surface area contributed by atoms with Gasteiger partial charge in [-0.1, -0.05) is 18.2 Å². The lowest BCUT2D eigenvalue weighted by molar-refractivity contribution is -0.146. The number of carboxylic acids is 1. The molecule has 1 unspecified atom stereocenters. The highest BCUT2D eigenvalue weighted by Crippen LogP contribution is 2.26. The first-order valence-corrected chi connectivity index (χ1v) is 5.97. The predicted molar refractivity (Wildman–Crippen MR) is 65.8 cm³/mol. The van der Waals surface area contributed by atoms with Gasteiger partial charge in [-0.2, -0.15) is 0 Å². The first-order valence-electron chi connectivity index (χ1n) is 5.97. The SMILES string of the molecule is O=C(NC[C@H](O)C(=O)O)C1COc2ccccc2C1. The summed E-state index contributed by atoms with van der Waals surface area (Å²) < 4.78 is 5.47. The molecule has 0 aliphatic carbocycles. The minimum absolute atomic E-state index is 0.256. The number of carbonyl (C=O) groups excluding carboxylic acids is 1. The van der Waals surface area contributed by atoms with Crippen LogP contribution in [0.1, 0.15) is 5.56 Å². The minimum Gasteiger partial charge on any atom is -0.492 e. The zero-order chi connectivity index (χ0) is 13.8. The topological polar surface area (TPSA) is 95.9 Å². The minimum atomic E-state index is -1.58. The summed E-state index contributed by atoms with van der Waals surface area (Å²) in [6.07, 6.45) is -1.04. The van der Waals surface area contributed by atoms with Crippen molar-refractivity contribution in [1.82, 2.24) is 5.32 Å². The third-order valence-electron chi connectivity index (χ3n) is 3.00. The van der Waals surface area contributed by atoms with Crippen LogP contribution in [0.5, 0.6) is 5.75 Å². The number of aliphatic carboxylic acids is 1. The van der Waals surface area contributed by atoms with Crippen LogP contribution in [-0.2, 0) is 16.0 Å². The number of benzene rings is 1. The molecule has 2 atom stereocenters. The van der Waals surface area contributed by atoms with Crippen molar-refractivity contribution < 1.29 is 24.5 Å². The molecule has 0 bridgehead atoms. The quantitative estimate of drug-likeness (QED) is 0.700. The highest BCUT2D eigenvalue weighted by molar-refractivity contribution is 5.80. The fourth-order valence-electron chi connectivity index (χ4n) is 1.93. The van der Waals surface area contributed by atoms with E-state index in [1.807, 2.05) is 24.3 Å². The normalized spacial score (nSPS) is 18.9. The van der Waals surface area contributed by atoms with Gasteiger partial charge < -0.3 is 20.3 Å². The molecule has 0 radical (unpaired) electrons. The fraction of sp³-hybridized carbons (Fsp3) is 0.385. The van der Waals surface area contributed by atoms with Crippen LogP contribution in [0.3, 0.4) is 0 Å². The van der Waals surface area contributed by atoms with Gasteiger partial charge in [0.1, 0.15) is 12.4 Å². The van der Waals surface area contributed by atoms with Gasteiger partial charge in [-0.3, -0.25) is 4.79 Å². The molecular formula is C13H15NO5. The van der Waals surface area contributed by atoms with Crippen molar-refractivity contribution in [2.45, 2.75) is 12.5 Å². The van der Waals surface area contributed by atoms with Gasteiger partial charge in [0.05, 0.1) is 12.5 Å². The molecule has 1 aliphatic rings. The van der Waals surface area contributed by atoms with Gasteiger partial charge >= 0.3 is 5.97 Å². The average molecular weight is 265 g/mol. The molecule has 1 heterocycles. The molecule has 1 aliphatic heterocycles. The number of hydrogen-bond donors (Lipinski definition) is 3. The van der Waals surface area contributed by atoms with Gasteiger partial charge in [0, 0.05) is 0 Å². The summed E-state index contributed by atoms with van der Waals surface area (Å²) in [6.45, 7) is -0.0433. The van der Waals surface area contributed by atoms with E-state index < -0.39 is 12.1 Å². The number of para-hydroxylation sites is 1. The second-order valence-electron chi connectivity index (χ2n) is 4.42. The molecule has 1 aromatic rings. The van der Waals surface area contributed by atoms with Crippen LogP contribution in [0.25, 0.3) is 0 Å². The van der Waals surface area contributed by atoms with Crippen molar-refractivity contribution in [2.24, 2.45) is 5.92 Å². The van der Waals surface area contributed by atoms with Gasteiger partial charge in [-0.15, -0.1) is 0 Å². The lowest BCUT2D eigenvalue weighted by Crippen LogP contribution is -2.42. The Labute approximate surface area is 110 Å². The third-order valence-corrected chi connectivity index (χ3v) is 3.00. The average Bonchev–Trinajstić information content (AvgIpc) is 2.43. The smallest absolute Gasteiger partial charge is 0.334 e. The maximum atomic E-state index is 11.8. The zero-order valence-electron chi connectivity index (χ0n) is 10.2. The molecular weight excluding hydrogens is 250 g/mol. The molecule has 1 amide bonds. The van der Waals surface area contributed by atoms with E-state index in [1.165, 1.54) is 0 Å². The first-order chi connectivity index (χ1) is 9.08. The van der Waals surface area contributed by atoms with E-state index in [2.05, 4.69) is 5.32 Å². The van der Waals surface area contributed by atoms with Crippen LogP contribution >= 0.6 is 0 Å². The molecule has 0 saturated carbocycles. The number of rotatable bonds is 4. The predicted octanol–water partition coefficient (Wildman–Crippen LogP) is -0.201. The molecule has 0 saturated heterocycles. The van der Waals surface area contributed by atoms with E-state index >= 15 is 0 Å². The van der Waals surface area contributed by atoms with Crippen molar-refractivity contribution in [3.05, 3.63) is 29.8 Å². The summed E-state index contributed by atoms with van der Waals surface area (Å²) in [4.78, 5) is 22.3. The maximum absolute atomic E-state index is 11.8. The number of amides is 1. The number of hydrogen-bond acceptors (Lipinski definition) is 4. The Bertz CT molecular complexity index is 488. The van der Waals surface area contributed by atoms with Crippen LogP contribution in [0.15, 0.2) is 24.3 Å². The van der Waals surface area contributed by atoms with Gasteiger partial charge in [-0.05, 0) is 18.1 Å². The lowest BCUT2D eigenvalue weighted by Gasteiger charge is -2.24. The van der Waals surface area contributed by atoms with Gasteiger partial charge in [0.2, 0.25) is 5.91 Å². The lowest BCUT2D eigenvalue weighted by atomic mass is 9.96. The van der Waals surface area contributed by atoms with Crippen molar-refractivity contribution in [1.29, 1.82) is 0 Å². The summed E-state index contributed by atoms with van der Waals surface area (Å²) in [6, 6.07) is 7.47. The monoisotopic (exact) mass is 265 g/mol. The molecule has 0 spiro atoms. The molecule has 6 nitrogen and oxygen atoms in total. The van der Waals surface area contributed by atoms with E-state index in [9.17, 15) is 9.59 Å². The van der Waals surface area contributed by atoms with E-state index in [-0.39, 0.29) is 25.0 Å². The molecule has 2 rings (SSSR count). The number of carbonyl (C=O) groups is 2. The standard InChI is InChI=1S/C13H15NO5/c15-10(13(17)18)6-14-12(16)9-5-8-3-1-2-4-11(8)19-7-9/h1-4,9-10,15H,5-7H2,(H,14,16)(H,17,18)/t9?,10-/m0/s1. The number of ether oxygens (including phenoxy) is 1. The Morgan fingerprint density at radius 3 is 2.89 bits per heavy atom. The van der Waals surface area contributed by atoms with Crippen molar-refractivity contribution >= 4 is 11.9 Å². The Morgan fingerprint density at radius 2 is 2.16 bits per heavy atom. The molecule has 3 N–H and O–H groups in total. The molecule has 0 fully saturated rings. The maximum Gasteiger partial charge on any atom is 0.334 e. The zero-order valence-corrected chi connectivity index (χ0v) is 10.2. The Hall–Kier alpha value is -2.08. The molecule has 1 aromatic carbocycles. The van der Waals surface area contributed by atoms with Crippen LogP contribution < -0.4 is 10.1 Å². The Balaban J connectivity index is 1.90. The number of carboxylic acid groups (broad SMARTS) is 1. The second kappa shape index (κ2) is 5.71. The van der Waals surface area contributed by atoms with Crippen molar-refractivity contribution in [3.8, 4) is 5.75 Å². The molecule has 102 valence electrons.